The van der Waals surface area contributed by atoms with Gasteiger partial charge in [-0.25, -0.2) is 0 Å². The molecule has 4 aromatic rings. The van der Waals surface area contributed by atoms with Crippen LogP contribution in [0.15, 0.2) is 99.4 Å². The van der Waals surface area contributed by atoms with E-state index in [-0.39, 0.29) is 12.8 Å². The lowest BCUT2D eigenvalue weighted by atomic mass is 10.1. The number of aromatic amines is 2. The van der Waals surface area contributed by atoms with E-state index >= 15 is 0 Å². The number of hydrogen-bond donors (Lipinski definition) is 4. The Balaban J connectivity index is 0.000000274. The quantitative estimate of drug-likeness (QED) is 0.0817. The number of rotatable bonds is 19. The van der Waals surface area contributed by atoms with E-state index in [4.69, 9.17) is 19.7 Å². The van der Waals surface area contributed by atoms with Crippen LogP contribution in [0, 0.1) is 0 Å². The summed E-state index contributed by atoms with van der Waals surface area (Å²) in [6.45, 7) is 20.7. The van der Waals surface area contributed by atoms with Crippen LogP contribution >= 0.6 is 0 Å². The molecule has 0 fully saturated rings. The minimum Gasteiger partial charge on any atom is -0.497 e. The van der Waals surface area contributed by atoms with Crippen molar-refractivity contribution in [3.63, 3.8) is 0 Å². The zero-order valence-corrected chi connectivity index (χ0v) is 28.2. The molecule has 10 heteroatoms. The van der Waals surface area contributed by atoms with Gasteiger partial charge in [-0.1, -0.05) is 24.3 Å². The Labute approximate surface area is 283 Å². The van der Waals surface area contributed by atoms with Gasteiger partial charge in [-0.2, -0.15) is 0 Å². The van der Waals surface area contributed by atoms with Gasteiger partial charge in [0.15, 0.2) is 0 Å². The smallest absolute Gasteiger partial charge is 0.303 e. The van der Waals surface area contributed by atoms with Crippen molar-refractivity contribution in [1.29, 1.82) is 0 Å². The molecule has 4 N–H and O–H groups in total. The van der Waals surface area contributed by atoms with Gasteiger partial charge in [0.25, 0.3) is 0 Å². The summed E-state index contributed by atoms with van der Waals surface area (Å²) in [7, 11) is 3.40. The minimum absolute atomic E-state index is 0.296. The van der Waals surface area contributed by atoms with Crippen molar-refractivity contribution < 1.29 is 29.3 Å². The first-order chi connectivity index (χ1) is 23.2. The number of H-pyrrole nitrogens is 2. The summed E-state index contributed by atoms with van der Waals surface area (Å²) < 4.78 is 10.6. The molecule has 0 saturated carbocycles. The molecule has 2 aromatic heterocycles. The molecule has 0 radical (unpaired) electrons. The van der Waals surface area contributed by atoms with Crippen molar-refractivity contribution in [2.75, 3.05) is 53.5 Å². The molecule has 0 unspecified atom stereocenters. The highest BCUT2D eigenvalue weighted by atomic mass is 16.5. The highest BCUT2D eigenvalue weighted by Crippen LogP contribution is 2.25. The molecule has 0 atom stereocenters. The van der Waals surface area contributed by atoms with Gasteiger partial charge in [0.2, 0.25) is 0 Å². The largest absolute Gasteiger partial charge is 0.497 e. The lowest BCUT2D eigenvalue weighted by molar-refractivity contribution is -0.143. The van der Waals surface area contributed by atoms with E-state index in [0.717, 1.165) is 74.6 Å². The van der Waals surface area contributed by atoms with Crippen LogP contribution in [-0.4, -0.2) is 95.4 Å². The van der Waals surface area contributed by atoms with E-state index in [0.29, 0.717) is 0 Å². The first-order valence-electron chi connectivity index (χ1n) is 15.8. The number of carboxylic acid groups (broad SMARTS) is 2. The topological polar surface area (TPSA) is 131 Å². The molecule has 2 heterocycles. The normalized spacial score (nSPS) is 10.5. The molecule has 0 spiro atoms. The fourth-order valence-corrected chi connectivity index (χ4v) is 5.00. The number of carboxylic acids is 2. The summed E-state index contributed by atoms with van der Waals surface area (Å²) in [5.74, 6) is -0.362. The van der Waals surface area contributed by atoms with Gasteiger partial charge in [-0.15, -0.1) is 26.3 Å². The number of nitrogens with one attached hydrogen (secondary N) is 2. The van der Waals surface area contributed by atoms with Gasteiger partial charge in [-0.3, -0.25) is 19.4 Å². The molecule has 48 heavy (non-hydrogen) atoms. The summed E-state index contributed by atoms with van der Waals surface area (Å²) in [6.07, 6.45) is 13.3. The standard InChI is InChI=1S/2C17H22N2O.C4H6O4/c2*1-4-9-19(10-5-2)11-8-14-13-18-17-7-6-15(20-3)12-16(14)17;5-3(6)1-2-4(7)8/h2*4-7,12-13,18H,1-2,8-11H2,3H3;1-2H2,(H,5,6)(H,7,8). The average Bonchev–Trinajstić information content (AvgIpc) is 3.69. The van der Waals surface area contributed by atoms with Crippen molar-refractivity contribution >= 4 is 33.7 Å². The number of hydrogen-bond acceptors (Lipinski definition) is 6. The van der Waals surface area contributed by atoms with Crippen LogP contribution in [0.5, 0.6) is 11.5 Å². The van der Waals surface area contributed by atoms with Gasteiger partial charge >= 0.3 is 11.9 Å². The lowest BCUT2D eigenvalue weighted by Crippen LogP contribution is -2.26. The third-order valence-corrected chi connectivity index (χ3v) is 7.45. The van der Waals surface area contributed by atoms with Gasteiger partial charge in [0.1, 0.15) is 11.5 Å². The number of aromatic nitrogens is 2. The van der Waals surface area contributed by atoms with Crippen LogP contribution in [0.1, 0.15) is 24.0 Å². The Morgan fingerprint density at radius 2 is 1.02 bits per heavy atom. The molecular weight excluding hydrogens is 608 g/mol. The third-order valence-electron chi connectivity index (χ3n) is 7.45. The molecule has 0 aliphatic rings. The van der Waals surface area contributed by atoms with Gasteiger partial charge < -0.3 is 29.7 Å². The molecular formula is C38H50N4O6. The van der Waals surface area contributed by atoms with Crippen LogP contribution in [0.3, 0.4) is 0 Å². The molecule has 0 aliphatic heterocycles. The highest BCUT2D eigenvalue weighted by Gasteiger charge is 2.09. The first-order valence-corrected chi connectivity index (χ1v) is 15.8. The molecule has 0 aliphatic carbocycles. The van der Waals surface area contributed by atoms with Crippen LogP contribution in [0.25, 0.3) is 21.8 Å². The number of fused-ring (bicyclic) bond motifs is 2. The van der Waals surface area contributed by atoms with Crippen LogP contribution in [0.2, 0.25) is 0 Å². The van der Waals surface area contributed by atoms with Crippen LogP contribution < -0.4 is 9.47 Å². The Hall–Kier alpha value is -5.06. The lowest BCUT2D eigenvalue weighted by Gasteiger charge is -2.18. The molecule has 4 rings (SSSR count). The molecule has 10 nitrogen and oxygen atoms in total. The SMILES string of the molecule is C=CCN(CC=C)CCc1c[nH]c2ccc(OC)cc12.C=CCN(CC=C)CCc1c[nH]c2ccc(OC)cc12.O=C(O)CCC(=O)O. The van der Waals surface area contributed by atoms with Gasteiger partial charge in [0, 0.05) is 73.5 Å². The maximum absolute atomic E-state index is 9.64. The van der Waals surface area contributed by atoms with Gasteiger partial charge in [0.05, 0.1) is 27.1 Å². The van der Waals surface area contributed by atoms with Gasteiger partial charge in [-0.05, 0) is 60.4 Å². The summed E-state index contributed by atoms with van der Waals surface area (Å²) in [6, 6.07) is 12.2. The summed E-state index contributed by atoms with van der Waals surface area (Å²) >= 11 is 0. The maximum atomic E-state index is 9.64. The zero-order valence-electron chi connectivity index (χ0n) is 28.2. The number of methoxy groups -OCH3 is 2. The second kappa shape index (κ2) is 21.7. The molecule has 0 saturated heterocycles. The predicted molar refractivity (Wildman–Crippen MR) is 195 cm³/mol. The van der Waals surface area contributed by atoms with Crippen molar-refractivity contribution in [2.24, 2.45) is 0 Å². The second-order valence-corrected chi connectivity index (χ2v) is 10.9. The maximum Gasteiger partial charge on any atom is 0.303 e. The monoisotopic (exact) mass is 658 g/mol. The van der Waals surface area contributed by atoms with Crippen LogP contribution in [-0.2, 0) is 22.4 Å². The fraction of sp³-hybridized carbons (Fsp3) is 0.316. The zero-order chi connectivity index (χ0) is 35.3. The number of carbonyl (C=O) groups is 2. The first kappa shape index (κ1) is 39.1. The van der Waals surface area contributed by atoms with Crippen molar-refractivity contribution in [1.82, 2.24) is 19.8 Å². The third kappa shape index (κ3) is 13.4. The van der Waals surface area contributed by atoms with E-state index in [1.165, 1.54) is 21.9 Å². The van der Waals surface area contributed by atoms with Crippen molar-refractivity contribution in [2.45, 2.75) is 25.7 Å². The van der Waals surface area contributed by atoms with Crippen LogP contribution in [0.4, 0.5) is 0 Å². The molecule has 2 aromatic carbocycles. The molecule has 258 valence electrons. The van der Waals surface area contributed by atoms with Crippen molar-refractivity contribution in [3.8, 4) is 11.5 Å². The number of ether oxygens (including phenoxy) is 2. The minimum atomic E-state index is -1.08. The van der Waals surface area contributed by atoms with E-state index in [1.807, 2.05) is 36.4 Å². The summed E-state index contributed by atoms with van der Waals surface area (Å²) in [5, 5.41) is 18.3. The Morgan fingerprint density at radius 3 is 1.31 bits per heavy atom. The second-order valence-electron chi connectivity index (χ2n) is 10.9. The number of nitrogens with zero attached hydrogens (tertiary/aromatic N) is 2. The summed E-state index contributed by atoms with van der Waals surface area (Å²) in [5.41, 5.74) is 4.94. The predicted octanol–water partition coefficient (Wildman–Crippen LogP) is 6.72. The fourth-order valence-electron chi connectivity index (χ4n) is 5.00. The molecule has 0 bridgehead atoms. The Morgan fingerprint density at radius 1 is 0.667 bits per heavy atom. The van der Waals surface area contributed by atoms with Crippen molar-refractivity contribution in [3.05, 3.63) is 111 Å². The Bertz CT molecular complexity index is 1480. The van der Waals surface area contributed by atoms with E-state index in [9.17, 15) is 9.59 Å². The average molecular weight is 659 g/mol. The Kier molecular flexibility index (Phi) is 17.7. The van der Waals surface area contributed by atoms with E-state index in [1.54, 1.807) is 14.2 Å². The summed E-state index contributed by atoms with van der Waals surface area (Å²) in [4.78, 5) is 30.5. The molecule has 0 amide bonds. The highest BCUT2D eigenvalue weighted by molar-refractivity contribution is 5.85. The number of benzene rings is 2. The van der Waals surface area contributed by atoms with E-state index < -0.39 is 11.9 Å². The number of aliphatic carboxylic acids is 2. The van der Waals surface area contributed by atoms with E-state index in [2.05, 4.69) is 82.7 Å².